The van der Waals surface area contributed by atoms with Gasteiger partial charge in [-0.05, 0) is 23.6 Å². The second-order valence-electron chi connectivity index (χ2n) is 6.43. The fourth-order valence-electron chi connectivity index (χ4n) is 3.05. The van der Waals surface area contributed by atoms with E-state index in [1.54, 1.807) is 7.05 Å². The van der Waals surface area contributed by atoms with Crippen LogP contribution in [0.4, 0.5) is 0 Å². The number of sulfonamides is 1. The SMILES string of the molecule is Cc1cccc(CS(=O)(=O)N(C)CC2Cc3ccccc3CO2)c1. The van der Waals surface area contributed by atoms with E-state index in [0.29, 0.717) is 13.2 Å². The third-order valence-electron chi connectivity index (χ3n) is 4.41. The zero-order valence-electron chi connectivity index (χ0n) is 14.1. The number of ether oxygens (including phenoxy) is 1. The fourth-order valence-corrected chi connectivity index (χ4v) is 4.26. The molecule has 2 aromatic rings. The van der Waals surface area contributed by atoms with Crippen molar-refractivity contribution in [1.82, 2.24) is 4.31 Å². The van der Waals surface area contributed by atoms with Gasteiger partial charge in [0.05, 0.1) is 18.5 Å². The van der Waals surface area contributed by atoms with Crippen LogP contribution in [0.5, 0.6) is 0 Å². The van der Waals surface area contributed by atoms with Crippen molar-refractivity contribution >= 4 is 10.0 Å². The number of fused-ring (bicyclic) bond motifs is 1. The van der Waals surface area contributed by atoms with Crippen LogP contribution in [0.2, 0.25) is 0 Å². The molecule has 1 unspecified atom stereocenters. The molecule has 4 nitrogen and oxygen atoms in total. The molecule has 2 aromatic carbocycles. The van der Waals surface area contributed by atoms with Crippen molar-refractivity contribution in [2.45, 2.75) is 31.8 Å². The first-order chi connectivity index (χ1) is 11.4. The third kappa shape index (κ3) is 4.04. The zero-order valence-corrected chi connectivity index (χ0v) is 14.9. The summed E-state index contributed by atoms with van der Waals surface area (Å²) < 4.78 is 32.5. The summed E-state index contributed by atoms with van der Waals surface area (Å²) in [6, 6.07) is 15.8. The van der Waals surface area contributed by atoms with Gasteiger partial charge in [0.2, 0.25) is 10.0 Å². The minimum atomic E-state index is -3.35. The number of aryl methyl sites for hydroxylation is 1. The topological polar surface area (TPSA) is 46.6 Å². The molecule has 5 heteroatoms. The molecule has 0 bridgehead atoms. The lowest BCUT2D eigenvalue weighted by molar-refractivity contribution is 0.0202. The van der Waals surface area contributed by atoms with Gasteiger partial charge in [0, 0.05) is 20.0 Å². The summed E-state index contributed by atoms with van der Waals surface area (Å²) in [4.78, 5) is 0. The Kier molecular flexibility index (Phi) is 5.04. The Morgan fingerprint density at radius 3 is 2.62 bits per heavy atom. The Morgan fingerprint density at radius 2 is 1.88 bits per heavy atom. The lowest BCUT2D eigenvalue weighted by Crippen LogP contribution is -2.38. The number of hydrogen-bond acceptors (Lipinski definition) is 3. The van der Waals surface area contributed by atoms with Crippen molar-refractivity contribution in [2.24, 2.45) is 0 Å². The van der Waals surface area contributed by atoms with Crippen LogP contribution in [0.1, 0.15) is 22.3 Å². The Morgan fingerprint density at radius 1 is 1.12 bits per heavy atom. The largest absolute Gasteiger partial charge is 0.372 e. The summed E-state index contributed by atoms with van der Waals surface area (Å²) in [5.41, 5.74) is 4.33. The monoisotopic (exact) mass is 345 g/mol. The van der Waals surface area contributed by atoms with Crippen LogP contribution in [0.15, 0.2) is 48.5 Å². The molecule has 1 aliphatic rings. The second-order valence-corrected chi connectivity index (χ2v) is 8.51. The summed E-state index contributed by atoms with van der Waals surface area (Å²) >= 11 is 0. The quantitative estimate of drug-likeness (QED) is 0.837. The zero-order chi connectivity index (χ0) is 17.2. The molecule has 1 heterocycles. The van der Waals surface area contributed by atoms with E-state index in [9.17, 15) is 8.42 Å². The van der Waals surface area contributed by atoms with Crippen LogP contribution in [0.25, 0.3) is 0 Å². The highest BCUT2D eigenvalue weighted by Gasteiger charge is 2.25. The maximum Gasteiger partial charge on any atom is 0.218 e. The summed E-state index contributed by atoms with van der Waals surface area (Å²) in [5.74, 6) is 0.0223. The average molecular weight is 345 g/mol. The van der Waals surface area contributed by atoms with E-state index in [-0.39, 0.29) is 11.9 Å². The standard InChI is InChI=1S/C19H23NO3S/c1-15-6-5-7-16(10-15)14-24(21,22)20(2)12-19-11-17-8-3-4-9-18(17)13-23-19/h3-10,19H,11-14H2,1-2H3. The molecule has 128 valence electrons. The molecule has 0 aliphatic carbocycles. The summed E-state index contributed by atoms with van der Waals surface area (Å²) in [7, 11) is -1.72. The summed E-state index contributed by atoms with van der Waals surface area (Å²) in [6.07, 6.45) is 0.651. The fraction of sp³-hybridized carbons (Fsp3) is 0.368. The number of rotatable bonds is 5. The lowest BCUT2D eigenvalue weighted by atomic mass is 9.99. The summed E-state index contributed by atoms with van der Waals surface area (Å²) in [6.45, 7) is 2.89. The van der Waals surface area contributed by atoms with Crippen LogP contribution >= 0.6 is 0 Å². The maximum absolute atomic E-state index is 12.6. The van der Waals surface area contributed by atoms with Gasteiger partial charge in [-0.1, -0.05) is 54.1 Å². The molecule has 0 radical (unpaired) electrons. The lowest BCUT2D eigenvalue weighted by Gasteiger charge is -2.28. The molecule has 0 spiro atoms. The molecule has 0 fully saturated rings. The smallest absolute Gasteiger partial charge is 0.218 e. The highest BCUT2D eigenvalue weighted by atomic mass is 32.2. The molecule has 0 amide bonds. The van der Waals surface area contributed by atoms with Gasteiger partial charge in [-0.15, -0.1) is 0 Å². The molecule has 0 saturated heterocycles. The molecule has 0 aromatic heterocycles. The molecule has 3 rings (SSSR count). The van der Waals surface area contributed by atoms with Crippen LogP contribution in [0.3, 0.4) is 0 Å². The third-order valence-corrected chi connectivity index (χ3v) is 6.20. The molecule has 0 saturated carbocycles. The van der Waals surface area contributed by atoms with Gasteiger partial charge >= 0.3 is 0 Å². The average Bonchev–Trinajstić information content (AvgIpc) is 2.54. The van der Waals surface area contributed by atoms with E-state index in [0.717, 1.165) is 17.5 Å². The van der Waals surface area contributed by atoms with Gasteiger partial charge in [0.15, 0.2) is 0 Å². The molecular formula is C19H23NO3S. The van der Waals surface area contributed by atoms with Crippen molar-refractivity contribution in [2.75, 3.05) is 13.6 Å². The van der Waals surface area contributed by atoms with Crippen LogP contribution in [0, 0.1) is 6.92 Å². The van der Waals surface area contributed by atoms with Crippen molar-refractivity contribution in [1.29, 1.82) is 0 Å². The number of nitrogens with zero attached hydrogens (tertiary/aromatic N) is 1. The van der Waals surface area contributed by atoms with Crippen molar-refractivity contribution in [3.8, 4) is 0 Å². The normalized spacial score (nSPS) is 17.7. The molecule has 24 heavy (non-hydrogen) atoms. The van der Waals surface area contributed by atoms with Crippen LogP contribution in [-0.4, -0.2) is 32.4 Å². The first-order valence-electron chi connectivity index (χ1n) is 8.12. The minimum Gasteiger partial charge on any atom is -0.372 e. The van der Waals surface area contributed by atoms with Crippen LogP contribution in [-0.2, 0) is 33.5 Å². The number of hydrogen-bond donors (Lipinski definition) is 0. The van der Waals surface area contributed by atoms with E-state index >= 15 is 0 Å². The maximum atomic E-state index is 12.6. The van der Waals surface area contributed by atoms with Gasteiger partial charge < -0.3 is 4.74 Å². The highest BCUT2D eigenvalue weighted by molar-refractivity contribution is 7.88. The van der Waals surface area contributed by atoms with Gasteiger partial charge in [-0.3, -0.25) is 0 Å². The predicted molar refractivity (Wildman–Crippen MR) is 95.2 cm³/mol. The minimum absolute atomic E-state index is 0.0223. The van der Waals surface area contributed by atoms with E-state index in [1.165, 1.54) is 15.4 Å². The molecular weight excluding hydrogens is 322 g/mol. The van der Waals surface area contributed by atoms with E-state index < -0.39 is 10.0 Å². The number of benzene rings is 2. The van der Waals surface area contributed by atoms with Gasteiger partial charge in [-0.2, -0.15) is 0 Å². The van der Waals surface area contributed by atoms with Gasteiger partial charge in [0.25, 0.3) is 0 Å². The summed E-state index contributed by atoms with van der Waals surface area (Å²) in [5, 5.41) is 0. The van der Waals surface area contributed by atoms with E-state index in [1.807, 2.05) is 43.3 Å². The van der Waals surface area contributed by atoms with Gasteiger partial charge in [0.1, 0.15) is 0 Å². The Bertz CT molecular complexity index is 817. The highest BCUT2D eigenvalue weighted by Crippen LogP contribution is 2.21. The number of likely N-dealkylation sites (N-methyl/N-ethyl adjacent to an activating group) is 1. The van der Waals surface area contributed by atoms with Crippen molar-refractivity contribution in [3.05, 3.63) is 70.8 Å². The van der Waals surface area contributed by atoms with E-state index in [2.05, 4.69) is 12.1 Å². The van der Waals surface area contributed by atoms with Gasteiger partial charge in [-0.25, -0.2) is 12.7 Å². The predicted octanol–water partition coefficient (Wildman–Crippen LogP) is 2.90. The first kappa shape index (κ1) is 17.1. The molecule has 0 N–H and O–H groups in total. The Labute approximate surface area is 144 Å². The molecule has 1 atom stereocenters. The van der Waals surface area contributed by atoms with Crippen LogP contribution < -0.4 is 0 Å². The molecule has 1 aliphatic heterocycles. The second kappa shape index (κ2) is 7.05. The Hall–Kier alpha value is -1.69. The van der Waals surface area contributed by atoms with Crippen molar-refractivity contribution < 1.29 is 13.2 Å². The van der Waals surface area contributed by atoms with E-state index in [4.69, 9.17) is 4.74 Å². The van der Waals surface area contributed by atoms with Crippen molar-refractivity contribution in [3.63, 3.8) is 0 Å². The first-order valence-corrected chi connectivity index (χ1v) is 9.73. The Balaban J connectivity index is 1.65.